The van der Waals surface area contributed by atoms with E-state index in [1.807, 2.05) is 0 Å². The van der Waals surface area contributed by atoms with Crippen molar-refractivity contribution in [3.8, 4) is 11.8 Å². The van der Waals surface area contributed by atoms with Crippen molar-refractivity contribution in [2.75, 3.05) is 0 Å². The zero-order valence-corrected chi connectivity index (χ0v) is 7.57. The van der Waals surface area contributed by atoms with Crippen LogP contribution in [0.5, 0.6) is 0 Å². The smallest absolute Gasteiger partial charge is 0.156 e. The van der Waals surface area contributed by atoms with E-state index >= 15 is 0 Å². The quantitative estimate of drug-likeness (QED) is 0.706. The molecule has 1 N–H and O–H groups in total. The maximum Gasteiger partial charge on any atom is 0.156 e. The molecular formula is C10H12N2O. The van der Waals surface area contributed by atoms with Crippen LogP contribution in [0.4, 0.5) is 0 Å². The molecule has 1 rings (SSSR count). The van der Waals surface area contributed by atoms with Crippen LogP contribution in [0.15, 0.2) is 18.5 Å². The summed E-state index contributed by atoms with van der Waals surface area (Å²) in [7, 11) is 0. The Morgan fingerprint density at radius 2 is 2.15 bits per heavy atom. The fourth-order valence-electron chi connectivity index (χ4n) is 0.946. The summed E-state index contributed by atoms with van der Waals surface area (Å²) < 4.78 is 0. The largest absolute Gasteiger partial charge is 0.385 e. The van der Waals surface area contributed by atoms with Crippen LogP contribution in [-0.2, 0) is 0 Å². The molecule has 1 aromatic rings. The van der Waals surface area contributed by atoms with Gasteiger partial charge in [0.05, 0.1) is 0 Å². The van der Waals surface area contributed by atoms with E-state index in [0.717, 1.165) is 0 Å². The second-order valence-corrected chi connectivity index (χ2v) is 2.59. The van der Waals surface area contributed by atoms with Crippen LogP contribution in [-0.4, -0.2) is 15.1 Å². The zero-order chi connectivity index (χ0) is 9.52. The molecule has 0 aliphatic rings. The van der Waals surface area contributed by atoms with Gasteiger partial charge in [-0.25, -0.2) is 9.97 Å². The van der Waals surface area contributed by atoms with Gasteiger partial charge in [0.25, 0.3) is 0 Å². The SMILES string of the molecule is CC#CCCC(O)c1ncccn1. The Morgan fingerprint density at radius 3 is 2.77 bits per heavy atom. The molecule has 0 aliphatic heterocycles. The van der Waals surface area contributed by atoms with Gasteiger partial charge in [0.1, 0.15) is 6.10 Å². The number of hydrogen-bond acceptors (Lipinski definition) is 3. The highest BCUT2D eigenvalue weighted by Gasteiger charge is 2.07. The number of aliphatic hydroxyl groups is 1. The van der Waals surface area contributed by atoms with Crippen molar-refractivity contribution in [3.05, 3.63) is 24.3 Å². The first-order valence-electron chi connectivity index (χ1n) is 4.19. The molecule has 1 heterocycles. The van der Waals surface area contributed by atoms with E-state index < -0.39 is 6.10 Å². The molecule has 0 fully saturated rings. The summed E-state index contributed by atoms with van der Waals surface area (Å²) in [5.74, 6) is 6.13. The third-order valence-electron chi connectivity index (χ3n) is 1.60. The topological polar surface area (TPSA) is 46.0 Å². The summed E-state index contributed by atoms with van der Waals surface area (Å²) in [4.78, 5) is 7.90. The monoisotopic (exact) mass is 176 g/mol. The first kappa shape index (κ1) is 9.69. The number of hydrogen-bond donors (Lipinski definition) is 1. The van der Waals surface area contributed by atoms with Crippen molar-refractivity contribution in [1.82, 2.24) is 9.97 Å². The number of nitrogens with zero attached hydrogens (tertiary/aromatic N) is 2. The lowest BCUT2D eigenvalue weighted by atomic mass is 10.2. The maximum atomic E-state index is 9.55. The summed E-state index contributed by atoms with van der Waals surface area (Å²) in [6.07, 6.45) is 3.91. The van der Waals surface area contributed by atoms with Crippen molar-refractivity contribution in [3.63, 3.8) is 0 Å². The van der Waals surface area contributed by atoms with E-state index in [4.69, 9.17) is 0 Å². The van der Waals surface area contributed by atoms with E-state index in [-0.39, 0.29) is 0 Å². The molecule has 1 atom stereocenters. The maximum absolute atomic E-state index is 9.55. The van der Waals surface area contributed by atoms with Gasteiger partial charge in [0, 0.05) is 18.8 Å². The molecule has 1 aromatic heterocycles. The molecule has 0 saturated heterocycles. The fourth-order valence-corrected chi connectivity index (χ4v) is 0.946. The summed E-state index contributed by atoms with van der Waals surface area (Å²) in [6, 6.07) is 1.72. The van der Waals surface area contributed by atoms with Gasteiger partial charge in [-0.15, -0.1) is 11.8 Å². The van der Waals surface area contributed by atoms with Gasteiger partial charge in [0.15, 0.2) is 5.82 Å². The van der Waals surface area contributed by atoms with Crippen LogP contribution in [0.1, 0.15) is 31.7 Å². The Bertz CT molecular complexity index is 300. The van der Waals surface area contributed by atoms with Gasteiger partial charge in [-0.1, -0.05) is 0 Å². The van der Waals surface area contributed by atoms with E-state index in [1.165, 1.54) is 0 Å². The highest BCUT2D eigenvalue weighted by atomic mass is 16.3. The van der Waals surface area contributed by atoms with Crippen molar-refractivity contribution >= 4 is 0 Å². The summed E-state index contributed by atoms with van der Waals surface area (Å²) >= 11 is 0. The van der Waals surface area contributed by atoms with Gasteiger partial charge < -0.3 is 5.11 Å². The minimum Gasteiger partial charge on any atom is -0.385 e. The van der Waals surface area contributed by atoms with Crippen molar-refractivity contribution < 1.29 is 5.11 Å². The summed E-state index contributed by atoms with van der Waals surface area (Å²) in [6.45, 7) is 1.78. The highest BCUT2D eigenvalue weighted by molar-refractivity contribution is 4.98. The molecule has 3 heteroatoms. The number of aromatic nitrogens is 2. The van der Waals surface area contributed by atoms with Crippen molar-refractivity contribution in [2.45, 2.75) is 25.9 Å². The van der Waals surface area contributed by atoms with Crippen molar-refractivity contribution in [2.24, 2.45) is 0 Å². The van der Waals surface area contributed by atoms with Gasteiger partial charge in [-0.2, -0.15) is 0 Å². The average molecular weight is 176 g/mol. The third kappa shape index (κ3) is 3.22. The Kier molecular flexibility index (Phi) is 3.94. The average Bonchev–Trinajstić information content (AvgIpc) is 2.19. The lowest BCUT2D eigenvalue weighted by Gasteiger charge is -2.05. The van der Waals surface area contributed by atoms with Crippen molar-refractivity contribution in [1.29, 1.82) is 0 Å². The van der Waals surface area contributed by atoms with Crippen LogP contribution < -0.4 is 0 Å². The zero-order valence-electron chi connectivity index (χ0n) is 7.57. The first-order valence-corrected chi connectivity index (χ1v) is 4.19. The molecule has 0 aromatic carbocycles. The number of aliphatic hydroxyl groups excluding tert-OH is 1. The molecule has 0 bridgehead atoms. The van der Waals surface area contributed by atoms with E-state index in [1.54, 1.807) is 25.4 Å². The van der Waals surface area contributed by atoms with Crippen LogP contribution >= 0.6 is 0 Å². The molecule has 0 radical (unpaired) electrons. The predicted octanol–water partition coefficient (Wildman–Crippen LogP) is 1.31. The lowest BCUT2D eigenvalue weighted by molar-refractivity contribution is 0.159. The lowest BCUT2D eigenvalue weighted by Crippen LogP contribution is -2.02. The Labute approximate surface area is 77.9 Å². The van der Waals surface area contributed by atoms with Crippen LogP contribution in [0, 0.1) is 11.8 Å². The Balaban J connectivity index is 2.47. The molecule has 0 amide bonds. The van der Waals surface area contributed by atoms with Crippen LogP contribution in [0.3, 0.4) is 0 Å². The van der Waals surface area contributed by atoms with Gasteiger partial charge >= 0.3 is 0 Å². The third-order valence-corrected chi connectivity index (χ3v) is 1.60. The van der Waals surface area contributed by atoms with Gasteiger partial charge in [-0.05, 0) is 19.4 Å². The molecule has 3 nitrogen and oxygen atoms in total. The second kappa shape index (κ2) is 5.28. The Hall–Kier alpha value is -1.40. The van der Waals surface area contributed by atoms with Crippen LogP contribution in [0.2, 0.25) is 0 Å². The van der Waals surface area contributed by atoms with E-state index in [0.29, 0.717) is 18.7 Å². The number of rotatable bonds is 3. The minimum absolute atomic E-state index is 0.473. The fraction of sp³-hybridized carbons (Fsp3) is 0.400. The molecule has 0 saturated carbocycles. The molecule has 0 spiro atoms. The second-order valence-electron chi connectivity index (χ2n) is 2.59. The first-order chi connectivity index (χ1) is 6.34. The standard InChI is InChI=1S/C10H12N2O/c1-2-3-4-6-9(13)10-11-7-5-8-12-10/h5,7-9,13H,4,6H2,1H3. The van der Waals surface area contributed by atoms with Crippen LogP contribution in [0.25, 0.3) is 0 Å². The van der Waals surface area contributed by atoms with E-state index in [9.17, 15) is 5.11 Å². The van der Waals surface area contributed by atoms with E-state index in [2.05, 4.69) is 21.8 Å². The molecule has 0 aliphatic carbocycles. The minimum atomic E-state index is -0.595. The van der Waals surface area contributed by atoms with Gasteiger partial charge in [0.2, 0.25) is 0 Å². The Morgan fingerprint density at radius 1 is 1.46 bits per heavy atom. The summed E-state index contributed by atoms with van der Waals surface area (Å²) in [5.41, 5.74) is 0. The summed E-state index contributed by atoms with van der Waals surface area (Å²) in [5, 5.41) is 9.55. The predicted molar refractivity (Wildman–Crippen MR) is 49.7 cm³/mol. The molecule has 13 heavy (non-hydrogen) atoms. The normalized spacial score (nSPS) is 11.5. The molecular weight excluding hydrogens is 164 g/mol. The highest BCUT2D eigenvalue weighted by Crippen LogP contribution is 2.11. The van der Waals surface area contributed by atoms with Gasteiger partial charge in [-0.3, -0.25) is 0 Å². The molecule has 1 unspecified atom stereocenters. The molecule has 68 valence electrons.